The van der Waals surface area contributed by atoms with Crippen molar-refractivity contribution < 1.29 is 0 Å². The van der Waals surface area contributed by atoms with E-state index < -0.39 is 0 Å². The lowest BCUT2D eigenvalue weighted by molar-refractivity contribution is 0.371. The maximum Gasteiger partial charge on any atom is 0.0485 e. The summed E-state index contributed by atoms with van der Waals surface area (Å²) in [6, 6.07) is 11.7. The molecule has 1 fully saturated rings. The molecule has 136 valence electrons. The van der Waals surface area contributed by atoms with E-state index in [1.807, 2.05) is 0 Å². The van der Waals surface area contributed by atoms with Crippen LogP contribution in [0.25, 0.3) is 10.8 Å². The Morgan fingerprint density at radius 2 is 1.52 bits per heavy atom. The number of fused-ring (bicyclic) bond motifs is 1. The summed E-state index contributed by atoms with van der Waals surface area (Å²) in [5.74, 6) is 1.09. The minimum Gasteiger partial charge on any atom is -0.365 e. The standard InChI is InChI=1S/C24H35N/c1-16(2)19-10-9-18-11-12-20(17(3)4)22(21(18)13-19)25-15-23(5,6)14-24(25,7)8/h9-13,16-17H,14-15H2,1-8H3. The zero-order valence-corrected chi connectivity index (χ0v) is 17.4. The number of hydrogen-bond donors (Lipinski definition) is 0. The Bertz CT molecular complexity index is 775. The molecule has 0 bridgehead atoms. The van der Waals surface area contributed by atoms with E-state index in [2.05, 4.69) is 90.6 Å². The maximum absolute atomic E-state index is 2.70. The fourth-order valence-corrected chi connectivity index (χ4v) is 4.81. The Labute approximate surface area is 154 Å². The minimum absolute atomic E-state index is 0.190. The van der Waals surface area contributed by atoms with Crippen LogP contribution < -0.4 is 4.90 Å². The molecule has 1 aliphatic heterocycles. The maximum atomic E-state index is 2.70. The molecule has 0 amide bonds. The van der Waals surface area contributed by atoms with E-state index >= 15 is 0 Å². The molecule has 1 nitrogen and oxygen atoms in total. The van der Waals surface area contributed by atoms with Crippen molar-refractivity contribution in [3.05, 3.63) is 41.5 Å². The van der Waals surface area contributed by atoms with Crippen LogP contribution in [-0.4, -0.2) is 12.1 Å². The molecular formula is C24H35N. The molecule has 1 aliphatic rings. The first-order chi connectivity index (χ1) is 11.5. The van der Waals surface area contributed by atoms with Crippen molar-refractivity contribution >= 4 is 16.5 Å². The monoisotopic (exact) mass is 337 g/mol. The number of nitrogens with zero attached hydrogens (tertiary/aromatic N) is 1. The van der Waals surface area contributed by atoms with Crippen LogP contribution in [0, 0.1) is 5.41 Å². The van der Waals surface area contributed by atoms with Crippen LogP contribution in [0.2, 0.25) is 0 Å². The second-order valence-electron chi connectivity index (χ2n) is 10.0. The molecule has 0 aromatic heterocycles. The highest BCUT2D eigenvalue weighted by atomic mass is 15.2. The average molecular weight is 338 g/mol. The highest BCUT2D eigenvalue weighted by molar-refractivity contribution is 5.97. The number of anilines is 1. The summed E-state index contributed by atoms with van der Waals surface area (Å²) in [6.07, 6.45) is 1.23. The number of hydrogen-bond acceptors (Lipinski definition) is 1. The normalized spacial score (nSPS) is 19.4. The van der Waals surface area contributed by atoms with Crippen molar-refractivity contribution in [2.45, 2.75) is 79.2 Å². The molecule has 0 N–H and O–H groups in total. The van der Waals surface area contributed by atoms with Gasteiger partial charge in [0.2, 0.25) is 0 Å². The van der Waals surface area contributed by atoms with Gasteiger partial charge in [0.15, 0.2) is 0 Å². The van der Waals surface area contributed by atoms with Crippen LogP contribution in [0.5, 0.6) is 0 Å². The van der Waals surface area contributed by atoms with Crippen molar-refractivity contribution in [2.75, 3.05) is 11.4 Å². The van der Waals surface area contributed by atoms with Gasteiger partial charge in [-0.15, -0.1) is 0 Å². The third-order valence-electron chi connectivity index (χ3n) is 5.83. The first kappa shape index (κ1) is 18.3. The smallest absolute Gasteiger partial charge is 0.0485 e. The van der Waals surface area contributed by atoms with Crippen LogP contribution >= 0.6 is 0 Å². The summed E-state index contributed by atoms with van der Waals surface area (Å²) in [5.41, 5.74) is 4.95. The van der Waals surface area contributed by atoms with Crippen LogP contribution in [0.15, 0.2) is 30.3 Å². The molecule has 2 aromatic rings. The van der Waals surface area contributed by atoms with Crippen molar-refractivity contribution in [3.8, 4) is 0 Å². The van der Waals surface area contributed by atoms with Crippen molar-refractivity contribution in [1.82, 2.24) is 0 Å². The van der Waals surface area contributed by atoms with Gasteiger partial charge in [-0.05, 0) is 60.1 Å². The Morgan fingerprint density at radius 1 is 0.880 bits per heavy atom. The second-order valence-corrected chi connectivity index (χ2v) is 10.0. The van der Waals surface area contributed by atoms with Gasteiger partial charge in [-0.3, -0.25) is 0 Å². The Morgan fingerprint density at radius 3 is 2.04 bits per heavy atom. The van der Waals surface area contributed by atoms with Gasteiger partial charge in [0.1, 0.15) is 0 Å². The molecule has 1 heterocycles. The van der Waals surface area contributed by atoms with E-state index in [0.29, 0.717) is 17.3 Å². The predicted octanol–water partition coefficient (Wildman–Crippen LogP) is 7.10. The molecule has 3 rings (SSSR count). The number of rotatable bonds is 3. The highest BCUT2D eigenvalue weighted by Gasteiger charge is 2.44. The summed E-state index contributed by atoms with van der Waals surface area (Å²) >= 11 is 0. The predicted molar refractivity (Wildman–Crippen MR) is 112 cm³/mol. The Kier molecular flexibility index (Phi) is 4.42. The van der Waals surface area contributed by atoms with Gasteiger partial charge in [0.25, 0.3) is 0 Å². The van der Waals surface area contributed by atoms with E-state index in [1.165, 1.54) is 34.0 Å². The SMILES string of the molecule is CC(C)c1ccc2ccc(C(C)C)c(N3CC(C)(C)CC3(C)C)c2c1. The van der Waals surface area contributed by atoms with E-state index in [1.54, 1.807) is 0 Å². The van der Waals surface area contributed by atoms with Crippen molar-refractivity contribution in [1.29, 1.82) is 0 Å². The van der Waals surface area contributed by atoms with Gasteiger partial charge in [-0.1, -0.05) is 65.8 Å². The molecule has 0 aliphatic carbocycles. The highest BCUT2D eigenvalue weighted by Crippen LogP contribution is 2.48. The van der Waals surface area contributed by atoms with Crippen LogP contribution in [0.1, 0.15) is 84.8 Å². The van der Waals surface area contributed by atoms with Crippen LogP contribution in [0.3, 0.4) is 0 Å². The number of benzene rings is 2. The fraction of sp³-hybridized carbons (Fsp3) is 0.583. The summed E-state index contributed by atoms with van der Waals surface area (Å²) in [6.45, 7) is 20.0. The van der Waals surface area contributed by atoms with Gasteiger partial charge in [-0.2, -0.15) is 0 Å². The lowest BCUT2D eigenvalue weighted by Gasteiger charge is -2.37. The summed E-state index contributed by atoms with van der Waals surface area (Å²) < 4.78 is 0. The van der Waals surface area contributed by atoms with Crippen molar-refractivity contribution in [3.63, 3.8) is 0 Å². The zero-order valence-electron chi connectivity index (χ0n) is 17.4. The lowest BCUT2D eigenvalue weighted by Crippen LogP contribution is -2.39. The average Bonchev–Trinajstić information content (AvgIpc) is 2.72. The van der Waals surface area contributed by atoms with Gasteiger partial charge in [0, 0.05) is 23.2 Å². The molecule has 0 spiro atoms. The third-order valence-corrected chi connectivity index (χ3v) is 5.83. The Balaban J connectivity index is 2.30. The molecule has 0 unspecified atom stereocenters. The summed E-state index contributed by atoms with van der Waals surface area (Å²) in [5, 5.41) is 2.80. The first-order valence-electron chi connectivity index (χ1n) is 9.86. The second kappa shape index (κ2) is 6.04. The minimum atomic E-state index is 0.190. The molecular weight excluding hydrogens is 302 g/mol. The van der Waals surface area contributed by atoms with Gasteiger partial charge in [-0.25, -0.2) is 0 Å². The quantitative estimate of drug-likeness (QED) is 0.577. The summed E-state index contributed by atoms with van der Waals surface area (Å²) in [7, 11) is 0. The van der Waals surface area contributed by atoms with Crippen LogP contribution in [-0.2, 0) is 0 Å². The van der Waals surface area contributed by atoms with Crippen LogP contribution in [0.4, 0.5) is 5.69 Å². The molecule has 0 atom stereocenters. The van der Waals surface area contributed by atoms with Crippen molar-refractivity contribution in [2.24, 2.45) is 5.41 Å². The van der Waals surface area contributed by atoms with E-state index in [0.717, 1.165) is 6.54 Å². The van der Waals surface area contributed by atoms with Gasteiger partial charge in [0.05, 0.1) is 0 Å². The lowest BCUT2D eigenvalue weighted by atomic mass is 9.86. The molecule has 0 saturated carbocycles. The molecule has 25 heavy (non-hydrogen) atoms. The van der Waals surface area contributed by atoms with E-state index in [-0.39, 0.29) is 5.54 Å². The topological polar surface area (TPSA) is 3.24 Å². The molecule has 0 radical (unpaired) electrons. The third kappa shape index (κ3) is 3.30. The van der Waals surface area contributed by atoms with Gasteiger partial charge < -0.3 is 4.90 Å². The first-order valence-corrected chi connectivity index (χ1v) is 9.86. The van der Waals surface area contributed by atoms with Gasteiger partial charge >= 0.3 is 0 Å². The molecule has 1 saturated heterocycles. The van der Waals surface area contributed by atoms with E-state index in [9.17, 15) is 0 Å². The largest absolute Gasteiger partial charge is 0.365 e. The fourth-order valence-electron chi connectivity index (χ4n) is 4.81. The summed E-state index contributed by atoms with van der Waals surface area (Å²) in [4.78, 5) is 2.70. The molecule has 1 heteroatoms. The Hall–Kier alpha value is -1.50. The zero-order chi connectivity index (χ0) is 18.6. The molecule has 2 aromatic carbocycles. The van der Waals surface area contributed by atoms with E-state index in [4.69, 9.17) is 0 Å².